The maximum absolute atomic E-state index is 12.8. The molecule has 3 rings (SSSR count). The summed E-state index contributed by atoms with van der Waals surface area (Å²) in [7, 11) is -3.50. The van der Waals surface area contributed by atoms with E-state index in [0.717, 1.165) is 19.6 Å². The van der Waals surface area contributed by atoms with Gasteiger partial charge in [-0.05, 0) is 35.7 Å². The van der Waals surface area contributed by atoms with E-state index in [9.17, 15) is 13.2 Å². The quantitative estimate of drug-likeness (QED) is 0.702. The summed E-state index contributed by atoms with van der Waals surface area (Å²) < 4.78 is 26.5. The van der Waals surface area contributed by atoms with E-state index in [2.05, 4.69) is 42.8 Å². The van der Waals surface area contributed by atoms with Crippen LogP contribution in [0.4, 0.5) is 0 Å². The maximum Gasteiger partial charge on any atom is 0.254 e. The lowest BCUT2D eigenvalue weighted by Crippen LogP contribution is -3.13. The molecule has 0 spiro atoms. The summed E-state index contributed by atoms with van der Waals surface area (Å²) in [5.74, 6) is 0.501. The van der Waals surface area contributed by atoms with Crippen molar-refractivity contribution in [3.05, 3.63) is 65.2 Å². The highest BCUT2D eigenvalue weighted by atomic mass is 32.2. The minimum absolute atomic E-state index is 0.0391. The first-order valence-electron chi connectivity index (χ1n) is 10.6. The largest absolute Gasteiger partial charge is 0.328 e. The third-order valence-electron chi connectivity index (χ3n) is 5.60. The first-order chi connectivity index (χ1) is 14.3. The number of rotatable bonds is 7. The van der Waals surface area contributed by atoms with E-state index in [4.69, 9.17) is 0 Å². The number of hydrogen-bond acceptors (Lipinski definition) is 3. The zero-order chi connectivity index (χ0) is 21.7. The van der Waals surface area contributed by atoms with E-state index < -0.39 is 10.0 Å². The lowest BCUT2D eigenvalue weighted by Gasteiger charge is -2.32. The Morgan fingerprint density at radius 3 is 2.17 bits per heavy atom. The standard InChI is InChI=1S/C23H31N3O3S/c1-4-24-30(28,29)22-11-9-21(10-12-22)23(27)26-15-13-25(14-16-26)17-19-5-7-20(8-6-19)18(2)3/h5-12,18,24H,4,13-17H2,1-3H3/p+1. The van der Waals surface area contributed by atoms with Gasteiger partial charge in [0.25, 0.3) is 5.91 Å². The van der Waals surface area contributed by atoms with Gasteiger partial charge in [0.05, 0.1) is 31.1 Å². The summed E-state index contributed by atoms with van der Waals surface area (Å²) in [5.41, 5.74) is 3.21. The van der Waals surface area contributed by atoms with Crippen LogP contribution in [0.15, 0.2) is 53.4 Å². The summed E-state index contributed by atoms with van der Waals surface area (Å²) in [4.78, 5) is 16.3. The van der Waals surface area contributed by atoms with Crippen molar-refractivity contribution >= 4 is 15.9 Å². The molecule has 0 saturated carbocycles. The number of piperazine rings is 1. The molecule has 1 amide bonds. The number of amides is 1. The molecule has 6 nitrogen and oxygen atoms in total. The van der Waals surface area contributed by atoms with Gasteiger partial charge in [0.2, 0.25) is 10.0 Å². The van der Waals surface area contributed by atoms with E-state index in [1.165, 1.54) is 28.2 Å². The van der Waals surface area contributed by atoms with Crippen molar-refractivity contribution in [2.45, 2.75) is 38.1 Å². The van der Waals surface area contributed by atoms with Crippen LogP contribution in [0, 0.1) is 0 Å². The van der Waals surface area contributed by atoms with E-state index >= 15 is 0 Å². The molecule has 0 aliphatic carbocycles. The van der Waals surface area contributed by atoms with Crippen LogP contribution < -0.4 is 9.62 Å². The molecule has 0 unspecified atom stereocenters. The van der Waals surface area contributed by atoms with Gasteiger partial charge in [-0.2, -0.15) is 0 Å². The summed E-state index contributed by atoms with van der Waals surface area (Å²) in [6.45, 7) is 10.7. The second-order valence-corrected chi connectivity index (χ2v) is 9.91. The van der Waals surface area contributed by atoms with Crippen LogP contribution in [0.2, 0.25) is 0 Å². The SMILES string of the molecule is CCNS(=O)(=O)c1ccc(C(=O)N2CC[NH+](Cc3ccc(C(C)C)cc3)CC2)cc1. The highest BCUT2D eigenvalue weighted by molar-refractivity contribution is 7.89. The molecule has 2 aromatic rings. The average Bonchev–Trinajstić information content (AvgIpc) is 2.74. The zero-order valence-electron chi connectivity index (χ0n) is 18.0. The maximum atomic E-state index is 12.8. The van der Waals surface area contributed by atoms with Crippen LogP contribution in [0.5, 0.6) is 0 Å². The molecular weight excluding hydrogens is 398 g/mol. The van der Waals surface area contributed by atoms with E-state index in [0.29, 0.717) is 31.1 Å². The molecule has 0 radical (unpaired) electrons. The average molecular weight is 431 g/mol. The summed E-state index contributed by atoms with van der Waals surface area (Å²) >= 11 is 0. The van der Waals surface area contributed by atoms with Gasteiger partial charge in [-0.3, -0.25) is 4.79 Å². The molecule has 1 aliphatic rings. The van der Waals surface area contributed by atoms with Crippen molar-refractivity contribution in [1.82, 2.24) is 9.62 Å². The molecule has 30 heavy (non-hydrogen) atoms. The summed E-state index contributed by atoms with van der Waals surface area (Å²) in [6.07, 6.45) is 0. The van der Waals surface area contributed by atoms with Crippen molar-refractivity contribution in [3.63, 3.8) is 0 Å². The molecule has 1 heterocycles. The molecule has 0 aromatic heterocycles. The van der Waals surface area contributed by atoms with Gasteiger partial charge in [0.1, 0.15) is 6.54 Å². The van der Waals surface area contributed by atoms with Gasteiger partial charge in [-0.15, -0.1) is 0 Å². The van der Waals surface area contributed by atoms with Gasteiger partial charge in [-0.25, -0.2) is 13.1 Å². The van der Waals surface area contributed by atoms with Gasteiger partial charge in [0.15, 0.2) is 0 Å². The first-order valence-corrected chi connectivity index (χ1v) is 12.1. The Labute approximate surface area is 179 Å². The molecule has 0 atom stereocenters. The van der Waals surface area contributed by atoms with Crippen molar-refractivity contribution in [1.29, 1.82) is 0 Å². The predicted molar refractivity (Wildman–Crippen MR) is 118 cm³/mol. The number of benzene rings is 2. The monoisotopic (exact) mass is 430 g/mol. The van der Waals surface area contributed by atoms with Gasteiger partial charge >= 0.3 is 0 Å². The molecular formula is C23H32N3O3S+. The zero-order valence-corrected chi connectivity index (χ0v) is 18.8. The first kappa shape index (κ1) is 22.5. The molecule has 1 saturated heterocycles. The van der Waals surface area contributed by atoms with Crippen molar-refractivity contribution in [2.75, 3.05) is 32.7 Å². The fourth-order valence-electron chi connectivity index (χ4n) is 3.74. The van der Waals surface area contributed by atoms with Crippen LogP contribution in [0.3, 0.4) is 0 Å². The second kappa shape index (κ2) is 9.73. The van der Waals surface area contributed by atoms with Crippen molar-refractivity contribution in [3.8, 4) is 0 Å². The molecule has 1 aliphatic heterocycles. The van der Waals surface area contributed by atoms with Gasteiger partial charge < -0.3 is 9.80 Å². The number of sulfonamides is 1. The second-order valence-electron chi connectivity index (χ2n) is 8.14. The Kier molecular flexibility index (Phi) is 7.28. The summed E-state index contributed by atoms with van der Waals surface area (Å²) in [5, 5.41) is 0. The topological polar surface area (TPSA) is 70.9 Å². The molecule has 2 aromatic carbocycles. The number of carbonyl (C=O) groups is 1. The summed E-state index contributed by atoms with van der Waals surface area (Å²) in [6, 6.07) is 15.0. The van der Waals surface area contributed by atoms with Crippen molar-refractivity contribution < 1.29 is 18.1 Å². The number of quaternary nitrogens is 1. The number of hydrogen-bond donors (Lipinski definition) is 2. The highest BCUT2D eigenvalue weighted by Crippen LogP contribution is 2.15. The van der Waals surface area contributed by atoms with Crippen LogP contribution in [0.25, 0.3) is 0 Å². The third kappa shape index (κ3) is 5.47. The fraction of sp³-hybridized carbons (Fsp3) is 0.435. The number of carbonyl (C=O) groups excluding carboxylic acids is 1. The van der Waals surface area contributed by atoms with Gasteiger partial charge in [0, 0.05) is 17.7 Å². The molecule has 162 valence electrons. The van der Waals surface area contributed by atoms with Crippen LogP contribution >= 0.6 is 0 Å². The third-order valence-corrected chi connectivity index (χ3v) is 7.17. The molecule has 0 bridgehead atoms. The predicted octanol–water partition coefficient (Wildman–Crippen LogP) is 1.65. The number of nitrogens with one attached hydrogen (secondary N) is 2. The minimum Gasteiger partial charge on any atom is -0.328 e. The lowest BCUT2D eigenvalue weighted by molar-refractivity contribution is -0.917. The smallest absolute Gasteiger partial charge is 0.254 e. The molecule has 7 heteroatoms. The van der Waals surface area contributed by atoms with E-state index in [1.54, 1.807) is 19.1 Å². The Morgan fingerprint density at radius 1 is 1.03 bits per heavy atom. The minimum atomic E-state index is -3.50. The normalized spacial score (nSPS) is 15.5. The lowest BCUT2D eigenvalue weighted by atomic mass is 10.0. The molecule has 2 N–H and O–H groups in total. The van der Waals surface area contributed by atoms with E-state index in [-0.39, 0.29) is 10.8 Å². The Bertz CT molecular complexity index is 946. The fourth-order valence-corrected chi connectivity index (χ4v) is 4.79. The van der Waals surface area contributed by atoms with Crippen LogP contribution in [-0.2, 0) is 16.6 Å². The Hall–Kier alpha value is -2.22. The van der Waals surface area contributed by atoms with Crippen molar-refractivity contribution in [2.24, 2.45) is 0 Å². The van der Waals surface area contributed by atoms with Gasteiger partial charge in [-0.1, -0.05) is 45.0 Å². The highest BCUT2D eigenvalue weighted by Gasteiger charge is 2.25. The number of nitrogens with zero attached hydrogens (tertiary/aromatic N) is 1. The van der Waals surface area contributed by atoms with Crippen LogP contribution in [0.1, 0.15) is 48.2 Å². The van der Waals surface area contributed by atoms with E-state index in [1.807, 2.05) is 4.90 Å². The Balaban J connectivity index is 1.55. The molecule has 1 fully saturated rings. The Morgan fingerprint density at radius 2 is 1.63 bits per heavy atom. The van der Waals surface area contributed by atoms with Crippen LogP contribution in [-0.4, -0.2) is 51.9 Å².